The maximum atomic E-state index is 9.82. The number of nitrogens with one attached hydrogen (secondary N) is 1. The van der Waals surface area contributed by atoms with Gasteiger partial charge in [0.25, 0.3) is 0 Å². The highest BCUT2D eigenvalue weighted by Gasteiger charge is 2.35. The molecule has 3 heterocycles. The van der Waals surface area contributed by atoms with Crippen molar-refractivity contribution in [3.63, 3.8) is 0 Å². The molecule has 3 atom stereocenters. The van der Waals surface area contributed by atoms with E-state index in [9.17, 15) is 5.11 Å². The van der Waals surface area contributed by atoms with Crippen molar-refractivity contribution in [2.75, 3.05) is 12.3 Å². The first-order valence-corrected chi connectivity index (χ1v) is 6.04. The van der Waals surface area contributed by atoms with E-state index in [0.717, 1.165) is 0 Å². The normalized spacial score (nSPS) is 31.8. The summed E-state index contributed by atoms with van der Waals surface area (Å²) in [7, 11) is 0. The van der Waals surface area contributed by atoms with E-state index in [0.29, 0.717) is 11.2 Å². The summed E-state index contributed by atoms with van der Waals surface area (Å²) in [6, 6.07) is 0. The molecule has 1 aliphatic heterocycles. The van der Waals surface area contributed by atoms with Crippen LogP contribution < -0.4 is 5.73 Å². The molecule has 9 heteroatoms. The molecule has 0 radical (unpaired) electrons. The first kappa shape index (κ1) is 11.3. The highest BCUT2D eigenvalue weighted by Crippen LogP contribution is 2.30. The van der Waals surface area contributed by atoms with Crippen molar-refractivity contribution in [1.29, 1.82) is 0 Å². The quantitative estimate of drug-likeness (QED) is 0.559. The second-order valence-electron chi connectivity index (χ2n) is 4.22. The summed E-state index contributed by atoms with van der Waals surface area (Å²) < 4.78 is 15.1. The van der Waals surface area contributed by atoms with Gasteiger partial charge in [0.2, 0.25) is 0 Å². The van der Waals surface area contributed by atoms with Crippen molar-refractivity contribution in [3.8, 4) is 0 Å². The SMILES string of the molecule is [2H][C@]1(CO)O[C@@H](n2cnc3c(=S)nc(N)[nH]c32)C[C@@H]1O. The number of aliphatic hydroxyl groups excluding tert-OH is 2. The molecule has 2 aromatic heterocycles. The predicted molar refractivity (Wildman–Crippen MR) is 68.7 cm³/mol. The molecule has 0 aliphatic carbocycles. The Morgan fingerprint density at radius 3 is 3.21 bits per heavy atom. The van der Waals surface area contributed by atoms with Gasteiger partial charge in [-0.1, -0.05) is 12.2 Å². The molecule has 0 spiro atoms. The molecule has 5 N–H and O–H groups in total. The van der Waals surface area contributed by atoms with Gasteiger partial charge in [-0.25, -0.2) is 9.97 Å². The van der Waals surface area contributed by atoms with Crippen molar-refractivity contribution < 1.29 is 16.3 Å². The number of hydrogen-bond acceptors (Lipinski definition) is 7. The van der Waals surface area contributed by atoms with Crippen molar-refractivity contribution >= 4 is 29.3 Å². The van der Waals surface area contributed by atoms with Crippen molar-refractivity contribution in [2.45, 2.75) is 24.8 Å². The molecular weight excluding hydrogens is 270 g/mol. The number of aromatic nitrogens is 4. The number of H-pyrrole nitrogens is 1. The number of anilines is 1. The number of rotatable bonds is 2. The van der Waals surface area contributed by atoms with Crippen LogP contribution in [0.1, 0.15) is 14.0 Å². The van der Waals surface area contributed by atoms with Crippen molar-refractivity contribution in [2.24, 2.45) is 0 Å². The molecule has 0 bridgehead atoms. The Morgan fingerprint density at radius 2 is 2.53 bits per heavy atom. The van der Waals surface area contributed by atoms with Crippen LogP contribution in [0.3, 0.4) is 0 Å². The van der Waals surface area contributed by atoms with Crippen LogP contribution in [0.15, 0.2) is 6.33 Å². The second kappa shape index (κ2) is 4.53. The number of imidazole rings is 1. The summed E-state index contributed by atoms with van der Waals surface area (Å²) in [5, 5.41) is 19.0. The Labute approximate surface area is 114 Å². The van der Waals surface area contributed by atoms with Gasteiger partial charge in [-0.15, -0.1) is 0 Å². The van der Waals surface area contributed by atoms with E-state index in [4.69, 9.17) is 29.2 Å². The Bertz CT molecular complexity index is 718. The summed E-state index contributed by atoms with van der Waals surface area (Å²) in [5.74, 6) is 0.141. The van der Waals surface area contributed by atoms with Gasteiger partial charge >= 0.3 is 0 Å². The van der Waals surface area contributed by atoms with Crippen LogP contribution in [-0.2, 0) is 4.74 Å². The Hall–Kier alpha value is -1.55. The van der Waals surface area contributed by atoms with Crippen LogP contribution in [0.4, 0.5) is 5.95 Å². The minimum atomic E-state index is -1.74. The zero-order valence-electron chi connectivity index (χ0n) is 10.8. The summed E-state index contributed by atoms with van der Waals surface area (Å²) in [4.78, 5) is 10.9. The largest absolute Gasteiger partial charge is 0.394 e. The Kier molecular flexibility index (Phi) is 2.69. The van der Waals surface area contributed by atoms with E-state index < -0.39 is 25.0 Å². The van der Waals surface area contributed by atoms with Gasteiger partial charge in [0, 0.05) is 6.42 Å². The van der Waals surface area contributed by atoms with Crippen molar-refractivity contribution in [1.82, 2.24) is 19.5 Å². The number of fused-ring (bicyclic) bond motifs is 1. The first-order valence-electron chi connectivity index (χ1n) is 6.13. The number of ether oxygens (including phenoxy) is 1. The van der Waals surface area contributed by atoms with E-state index in [1.165, 1.54) is 6.33 Å². The lowest BCUT2D eigenvalue weighted by Crippen LogP contribution is -2.24. The number of nitrogens with two attached hydrogens (primary N) is 1. The fourth-order valence-electron chi connectivity index (χ4n) is 2.11. The molecule has 3 rings (SSSR count). The van der Waals surface area contributed by atoms with Crippen LogP contribution in [0.5, 0.6) is 0 Å². The molecule has 8 nitrogen and oxygen atoms in total. The van der Waals surface area contributed by atoms with Gasteiger partial charge in [-0.2, -0.15) is 0 Å². The molecule has 2 aromatic rings. The maximum Gasteiger partial charge on any atom is 0.200 e. The van der Waals surface area contributed by atoms with E-state index in [1.54, 1.807) is 4.57 Å². The molecule has 102 valence electrons. The molecule has 1 aliphatic rings. The molecule has 1 saturated heterocycles. The highest BCUT2D eigenvalue weighted by atomic mass is 32.1. The molecule has 19 heavy (non-hydrogen) atoms. The number of aromatic amines is 1. The average molecular weight is 284 g/mol. The first-order chi connectivity index (χ1) is 9.44. The lowest BCUT2D eigenvalue weighted by Gasteiger charge is -2.13. The highest BCUT2D eigenvalue weighted by molar-refractivity contribution is 7.71. The fraction of sp³-hybridized carbons (Fsp3) is 0.500. The van der Waals surface area contributed by atoms with Gasteiger partial charge in [0.1, 0.15) is 23.5 Å². The summed E-state index contributed by atoms with van der Waals surface area (Å²) in [6.45, 7) is -0.600. The molecule has 1 fully saturated rings. The predicted octanol–water partition coefficient (Wildman–Crippen LogP) is -0.288. The van der Waals surface area contributed by atoms with Crippen LogP contribution in [-0.4, -0.2) is 48.5 Å². The zero-order chi connectivity index (χ0) is 14.5. The van der Waals surface area contributed by atoms with Gasteiger partial charge in [0.05, 0.1) is 20.4 Å². The molecule has 0 aromatic carbocycles. The van der Waals surface area contributed by atoms with E-state index in [2.05, 4.69) is 15.0 Å². The molecule has 0 unspecified atom stereocenters. The van der Waals surface area contributed by atoms with E-state index >= 15 is 0 Å². The number of nitrogens with zero attached hydrogens (tertiary/aromatic N) is 3. The monoisotopic (exact) mass is 284 g/mol. The standard InChI is InChI=1S/C10H13N5O3S/c11-10-13-8-7(9(19)14-10)12-3-15(8)6-1-4(17)5(2-16)18-6/h3-6,16-17H,1-2H2,(H3,11,13,14,19)/t4-,5+,6+/m0/s1/i5D. The Balaban J connectivity index is 2.06. The third kappa shape index (κ3) is 2.00. The van der Waals surface area contributed by atoms with Crippen LogP contribution in [0.2, 0.25) is 0 Å². The van der Waals surface area contributed by atoms with Gasteiger partial charge in [-0.05, 0) is 0 Å². The van der Waals surface area contributed by atoms with Gasteiger partial charge in [0.15, 0.2) is 10.6 Å². The molecule has 0 amide bonds. The Morgan fingerprint density at radius 1 is 1.74 bits per heavy atom. The van der Waals surface area contributed by atoms with Gasteiger partial charge < -0.3 is 25.7 Å². The van der Waals surface area contributed by atoms with Crippen LogP contribution in [0.25, 0.3) is 11.2 Å². The van der Waals surface area contributed by atoms with Crippen LogP contribution >= 0.6 is 12.2 Å². The molecule has 0 saturated carbocycles. The minimum absolute atomic E-state index is 0.141. The fourth-order valence-corrected chi connectivity index (χ4v) is 2.36. The maximum absolute atomic E-state index is 9.82. The minimum Gasteiger partial charge on any atom is -0.394 e. The van der Waals surface area contributed by atoms with E-state index in [1.807, 2.05) is 0 Å². The molecular formula is C10H13N5O3S. The van der Waals surface area contributed by atoms with Crippen molar-refractivity contribution in [3.05, 3.63) is 11.0 Å². The average Bonchev–Trinajstić information content (AvgIpc) is 2.92. The lowest BCUT2D eigenvalue weighted by molar-refractivity contribution is -0.0432. The summed E-state index contributed by atoms with van der Waals surface area (Å²) in [6.07, 6.45) is -1.86. The van der Waals surface area contributed by atoms with Gasteiger partial charge in [-0.3, -0.25) is 4.57 Å². The summed E-state index contributed by atoms with van der Waals surface area (Å²) in [5.41, 5.74) is 6.58. The zero-order valence-corrected chi connectivity index (χ0v) is 10.6. The third-order valence-electron chi connectivity index (χ3n) is 3.01. The topological polar surface area (TPSA) is 122 Å². The third-order valence-corrected chi connectivity index (χ3v) is 3.30. The smallest absolute Gasteiger partial charge is 0.200 e. The lowest BCUT2D eigenvalue weighted by atomic mass is 10.2. The second-order valence-corrected chi connectivity index (χ2v) is 4.61. The number of nitrogen functional groups attached to an aromatic ring is 1. The summed E-state index contributed by atoms with van der Waals surface area (Å²) >= 11 is 5.07. The number of aliphatic hydroxyl groups is 2. The number of hydrogen-bond donors (Lipinski definition) is 4. The van der Waals surface area contributed by atoms with Crippen LogP contribution in [0, 0.1) is 4.64 Å². The van der Waals surface area contributed by atoms with E-state index in [-0.39, 0.29) is 17.0 Å².